The minimum absolute atomic E-state index is 0.00425. The summed E-state index contributed by atoms with van der Waals surface area (Å²) in [5.74, 6) is -0.881. The number of nitrogens with one attached hydrogen (secondary N) is 2. The Balaban J connectivity index is 1.57. The molecule has 0 fully saturated rings. The van der Waals surface area contributed by atoms with Gasteiger partial charge in [0.1, 0.15) is 17.1 Å². The summed E-state index contributed by atoms with van der Waals surface area (Å²) in [4.78, 5) is 26.5. The Morgan fingerprint density at radius 3 is 2.07 bits per heavy atom. The number of carbonyl (C=O) groups is 2. The number of amides is 2. The van der Waals surface area contributed by atoms with Gasteiger partial charge in [0.25, 0.3) is 0 Å². The quantitative estimate of drug-likeness (QED) is 0.214. The first-order valence-electron chi connectivity index (χ1n) is 14.2. The van der Waals surface area contributed by atoms with Crippen molar-refractivity contribution in [3.8, 4) is 11.5 Å². The Kier molecular flexibility index (Phi) is 9.75. The van der Waals surface area contributed by atoms with Crippen LogP contribution >= 0.6 is 0 Å². The highest BCUT2D eigenvalue weighted by Gasteiger charge is 2.35. The van der Waals surface area contributed by atoms with Gasteiger partial charge in [-0.15, -0.1) is 0 Å². The number of aliphatic hydroxyl groups is 2. The summed E-state index contributed by atoms with van der Waals surface area (Å²) in [5, 5.41) is 47.4. The molecule has 0 aliphatic heterocycles. The molecule has 9 nitrogen and oxygen atoms in total. The average Bonchev–Trinajstić information content (AvgIpc) is 3.23. The summed E-state index contributed by atoms with van der Waals surface area (Å²) in [6.45, 7) is 5.23. The Hall–Kier alpha value is -4.08. The molecular weight excluding hydrogens is 536 g/mol. The number of ether oxygens (including phenoxy) is 1. The Morgan fingerprint density at radius 1 is 0.905 bits per heavy atom. The van der Waals surface area contributed by atoms with Crippen LogP contribution in [-0.2, 0) is 28.8 Å². The Morgan fingerprint density at radius 2 is 1.48 bits per heavy atom. The molecule has 224 valence electrons. The van der Waals surface area contributed by atoms with Crippen LogP contribution in [0.15, 0.2) is 72.8 Å². The van der Waals surface area contributed by atoms with E-state index >= 15 is 0 Å². The zero-order valence-electron chi connectivity index (χ0n) is 24.2. The van der Waals surface area contributed by atoms with Crippen molar-refractivity contribution in [3.05, 3.63) is 95.1 Å². The molecule has 2 amide bonds. The van der Waals surface area contributed by atoms with Crippen molar-refractivity contribution in [3.63, 3.8) is 0 Å². The third kappa shape index (κ3) is 8.47. The van der Waals surface area contributed by atoms with E-state index in [1.807, 2.05) is 24.3 Å². The summed E-state index contributed by atoms with van der Waals surface area (Å²) in [6.07, 6.45) is -1.72. The van der Waals surface area contributed by atoms with Crippen LogP contribution in [0.25, 0.3) is 0 Å². The smallest absolute Gasteiger partial charge is 0.407 e. The zero-order valence-corrected chi connectivity index (χ0v) is 24.2. The second-order valence-electron chi connectivity index (χ2n) is 12.0. The van der Waals surface area contributed by atoms with Crippen LogP contribution in [0, 0.1) is 5.92 Å². The lowest BCUT2D eigenvalue weighted by Crippen LogP contribution is -2.48. The normalized spacial score (nSPS) is 18.4. The van der Waals surface area contributed by atoms with E-state index in [1.54, 1.807) is 45.0 Å². The third-order valence-electron chi connectivity index (χ3n) is 7.38. The van der Waals surface area contributed by atoms with Crippen LogP contribution in [0.2, 0.25) is 0 Å². The molecule has 0 aromatic heterocycles. The molecular formula is C33H40N2O7. The number of alkyl carbamates (subject to hydrolysis) is 1. The molecule has 6 N–H and O–H groups in total. The lowest BCUT2D eigenvalue weighted by Gasteiger charge is -2.29. The summed E-state index contributed by atoms with van der Waals surface area (Å²) in [7, 11) is 0. The molecule has 3 aromatic rings. The van der Waals surface area contributed by atoms with Gasteiger partial charge in [-0.05, 0) is 86.6 Å². The standard InChI is InChI=1S/C33H40N2O7/c1-33(2,3)42-32(41)34-27(17-21-10-14-25(37)15-11-21)28(38)19-23(16-20-8-12-24(36)13-9-20)31(40)35-30-26-7-5-4-6-22(26)18-29(30)39/h4-15,23,27-30,36-39H,16-19H2,1-3H3,(H,34,41)(H,35,40)/t23-,27+,28+,29-,30?/m1/s1. The topological polar surface area (TPSA) is 148 Å². The molecule has 42 heavy (non-hydrogen) atoms. The maximum Gasteiger partial charge on any atom is 0.407 e. The fraction of sp³-hybridized carbons (Fsp3) is 0.394. The number of aliphatic hydroxyl groups excluding tert-OH is 2. The van der Waals surface area contributed by atoms with E-state index in [-0.39, 0.29) is 36.7 Å². The van der Waals surface area contributed by atoms with Gasteiger partial charge in [0, 0.05) is 12.3 Å². The number of rotatable bonds is 10. The van der Waals surface area contributed by atoms with Crippen LogP contribution in [0.4, 0.5) is 4.79 Å². The van der Waals surface area contributed by atoms with Crippen molar-refractivity contribution in [2.45, 2.75) is 76.3 Å². The molecule has 1 aliphatic carbocycles. The second-order valence-corrected chi connectivity index (χ2v) is 12.0. The highest BCUT2D eigenvalue weighted by atomic mass is 16.6. The maximum atomic E-state index is 13.8. The van der Waals surface area contributed by atoms with Gasteiger partial charge in [0.05, 0.1) is 24.3 Å². The molecule has 0 bridgehead atoms. The summed E-state index contributed by atoms with van der Waals surface area (Å²) < 4.78 is 5.44. The molecule has 3 aromatic carbocycles. The van der Waals surface area contributed by atoms with Crippen molar-refractivity contribution in [1.29, 1.82) is 0 Å². The molecule has 9 heteroatoms. The first-order valence-corrected chi connectivity index (χ1v) is 14.2. The van der Waals surface area contributed by atoms with E-state index in [4.69, 9.17) is 4.74 Å². The van der Waals surface area contributed by atoms with Gasteiger partial charge in [0.15, 0.2) is 0 Å². The first kappa shape index (κ1) is 30.9. The van der Waals surface area contributed by atoms with Crippen LogP contribution < -0.4 is 10.6 Å². The number of hydrogen-bond acceptors (Lipinski definition) is 7. The number of hydrogen-bond donors (Lipinski definition) is 6. The predicted octanol–water partition coefficient (Wildman–Crippen LogP) is 3.92. The number of carbonyl (C=O) groups excluding carboxylic acids is 2. The number of phenolic OH excluding ortho intramolecular Hbond substituents is 2. The SMILES string of the molecule is CC(C)(C)OC(=O)N[C@@H](Cc1ccc(O)cc1)[C@@H](O)C[C@@H](Cc1ccc(O)cc1)C(=O)NC1c2ccccc2C[C@H]1O. The Labute approximate surface area is 246 Å². The number of aromatic hydroxyl groups is 2. The summed E-state index contributed by atoms with van der Waals surface area (Å²) in [6, 6.07) is 19.1. The fourth-order valence-electron chi connectivity index (χ4n) is 5.30. The highest BCUT2D eigenvalue weighted by Crippen LogP contribution is 2.32. The lowest BCUT2D eigenvalue weighted by molar-refractivity contribution is -0.127. The molecule has 0 saturated heterocycles. The molecule has 0 saturated carbocycles. The molecule has 0 radical (unpaired) electrons. The average molecular weight is 577 g/mol. The fourth-order valence-corrected chi connectivity index (χ4v) is 5.30. The van der Waals surface area contributed by atoms with Crippen molar-refractivity contribution in [1.82, 2.24) is 10.6 Å². The van der Waals surface area contributed by atoms with Crippen molar-refractivity contribution < 1.29 is 34.8 Å². The van der Waals surface area contributed by atoms with E-state index in [0.717, 1.165) is 22.3 Å². The van der Waals surface area contributed by atoms with Gasteiger partial charge < -0.3 is 35.8 Å². The minimum atomic E-state index is -1.15. The van der Waals surface area contributed by atoms with E-state index < -0.39 is 41.9 Å². The lowest BCUT2D eigenvalue weighted by atomic mass is 9.88. The number of fused-ring (bicyclic) bond motifs is 1. The van der Waals surface area contributed by atoms with Crippen LogP contribution in [0.3, 0.4) is 0 Å². The highest BCUT2D eigenvalue weighted by molar-refractivity contribution is 5.80. The largest absolute Gasteiger partial charge is 0.508 e. The van der Waals surface area contributed by atoms with Gasteiger partial charge in [-0.3, -0.25) is 4.79 Å². The zero-order chi connectivity index (χ0) is 30.4. The van der Waals surface area contributed by atoms with Crippen molar-refractivity contribution >= 4 is 12.0 Å². The summed E-state index contributed by atoms with van der Waals surface area (Å²) >= 11 is 0. The molecule has 4 rings (SSSR count). The van der Waals surface area contributed by atoms with Crippen LogP contribution in [-0.4, -0.2) is 56.3 Å². The van der Waals surface area contributed by atoms with E-state index in [9.17, 15) is 30.0 Å². The van der Waals surface area contributed by atoms with Gasteiger partial charge >= 0.3 is 6.09 Å². The third-order valence-corrected chi connectivity index (χ3v) is 7.38. The van der Waals surface area contributed by atoms with E-state index in [2.05, 4.69) is 10.6 Å². The molecule has 0 spiro atoms. The summed E-state index contributed by atoms with van der Waals surface area (Å²) in [5.41, 5.74) is 2.62. The molecule has 0 heterocycles. The van der Waals surface area contributed by atoms with E-state index in [1.165, 1.54) is 24.3 Å². The predicted molar refractivity (Wildman–Crippen MR) is 158 cm³/mol. The van der Waals surface area contributed by atoms with Gasteiger partial charge in [-0.1, -0.05) is 48.5 Å². The van der Waals surface area contributed by atoms with Gasteiger partial charge in [-0.25, -0.2) is 4.79 Å². The molecule has 1 unspecified atom stereocenters. The van der Waals surface area contributed by atoms with Crippen molar-refractivity contribution in [2.24, 2.45) is 5.92 Å². The monoisotopic (exact) mass is 576 g/mol. The van der Waals surface area contributed by atoms with E-state index in [0.29, 0.717) is 6.42 Å². The maximum absolute atomic E-state index is 13.8. The second kappa shape index (κ2) is 13.3. The molecule has 5 atom stereocenters. The van der Waals surface area contributed by atoms with Gasteiger partial charge in [-0.2, -0.15) is 0 Å². The van der Waals surface area contributed by atoms with Crippen molar-refractivity contribution in [2.75, 3.05) is 0 Å². The van der Waals surface area contributed by atoms with Gasteiger partial charge in [0.2, 0.25) is 5.91 Å². The van der Waals surface area contributed by atoms with Crippen LogP contribution in [0.1, 0.15) is 55.5 Å². The number of phenols is 2. The minimum Gasteiger partial charge on any atom is -0.508 e. The number of benzene rings is 3. The molecule has 1 aliphatic rings. The Bertz CT molecular complexity index is 1350. The van der Waals surface area contributed by atoms with Crippen LogP contribution in [0.5, 0.6) is 11.5 Å². The first-order chi connectivity index (χ1) is 19.9.